The zero-order chi connectivity index (χ0) is 29.3. The highest BCUT2D eigenvalue weighted by atomic mass is 32.1. The number of methoxy groups -OCH3 is 1. The van der Waals surface area contributed by atoms with Gasteiger partial charge < -0.3 is 14.5 Å². The predicted octanol–water partition coefficient (Wildman–Crippen LogP) is 7.43. The molecule has 0 bridgehead atoms. The molecule has 4 rings (SSSR count). The van der Waals surface area contributed by atoms with Crippen molar-refractivity contribution in [1.82, 2.24) is 24.7 Å². The van der Waals surface area contributed by atoms with Crippen molar-refractivity contribution < 1.29 is 22.3 Å². The fourth-order valence-electron chi connectivity index (χ4n) is 3.78. The SMILES string of the molecule is COc1ccc(Nc2nc(C)cc(-n3ccc(-c4nccs4)n3)c2CCO[Si](C)(C)C(C)(C)C)c(C(F)(F)F)n1. The minimum atomic E-state index is -4.71. The molecule has 0 aliphatic carbocycles. The number of thiazole rings is 1. The van der Waals surface area contributed by atoms with E-state index in [1.807, 2.05) is 23.7 Å². The normalized spacial score (nSPS) is 12.6. The van der Waals surface area contributed by atoms with Crippen LogP contribution < -0.4 is 10.1 Å². The van der Waals surface area contributed by atoms with Gasteiger partial charge in [0.25, 0.3) is 0 Å². The van der Waals surface area contributed by atoms with Crippen LogP contribution >= 0.6 is 11.3 Å². The van der Waals surface area contributed by atoms with Crippen LogP contribution in [0.15, 0.2) is 42.0 Å². The molecule has 1 N–H and O–H groups in total. The summed E-state index contributed by atoms with van der Waals surface area (Å²) in [6, 6.07) is 6.39. The number of alkyl halides is 3. The van der Waals surface area contributed by atoms with Crippen molar-refractivity contribution in [3.63, 3.8) is 0 Å². The average molecular weight is 591 g/mol. The van der Waals surface area contributed by atoms with Crippen LogP contribution in [0.3, 0.4) is 0 Å². The van der Waals surface area contributed by atoms with Crippen LogP contribution in [0, 0.1) is 6.92 Å². The Hall–Kier alpha value is -3.29. The molecule has 0 atom stereocenters. The summed E-state index contributed by atoms with van der Waals surface area (Å²) < 4.78 is 55.0. The van der Waals surface area contributed by atoms with Gasteiger partial charge in [-0.3, -0.25) is 0 Å². The Balaban J connectivity index is 1.79. The summed E-state index contributed by atoms with van der Waals surface area (Å²) >= 11 is 1.47. The van der Waals surface area contributed by atoms with Gasteiger partial charge in [0, 0.05) is 48.1 Å². The van der Waals surface area contributed by atoms with E-state index in [-0.39, 0.29) is 22.4 Å². The third kappa shape index (κ3) is 6.53. The summed E-state index contributed by atoms with van der Waals surface area (Å²) in [5.74, 6) is 0.141. The van der Waals surface area contributed by atoms with Crippen molar-refractivity contribution in [3.05, 3.63) is 59.0 Å². The fraction of sp³-hybridized carbons (Fsp3) is 0.407. The Kier molecular flexibility index (Phi) is 8.38. The van der Waals surface area contributed by atoms with Crippen molar-refractivity contribution in [2.24, 2.45) is 0 Å². The van der Waals surface area contributed by atoms with Crippen LogP contribution in [0.1, 0.15) is 37.7 Å². The second kappa shape index (κ2) is 11.3. The lowest BCUT2D eigenvalue weighted by atomic mass is 10.1. The average Bonchev–Trinajstić information content (AvgIpc) is 3.56. The van der Waals surface area contributed by atoms with Gasteiger partial charge >= 0.3 is 6.18 Å². The quantitative estimate of drug-likeness (QED) is 0.203. The maximum atomic E-state index is 14.0. The topological polar surface area (TPSA) is 87.0 Å². The number of pyridine rings is 2. The van der Waals surface area contributed by atoms with Crippen molar-refractivity contribution in [1.29, 1.82) is 0 Å². The number of rotatable bonds is 9. The van der Waals surface area contributed by atoms with E-state index >= 15 is 0 Å². The Morgan fingerprint density at radius 2 is 1.85 bits per heavy atom. The molecular weight excluding hydrogens is 557 g/mol. The maximum Gasteiger partial charge on any atom is 0.435 e. The third-order valence-electron chi connectivity index (χ3n) is 6.94. The molecule has 0 saturated heterocycles. The third-order valence-corrected chi connectivity index (χ3v) is 12.3. The molecule has 4 aromatic heterocycles. The van der Waals surface area contributed by atoms with Crippen molar-refractivity contribution in [2.75, 3.05) is 19.0 Å². The molecule has 0 aliphatic rings. The maximum absolute atomic E-state index is 14.0. The molecule has 0 spiro atoms. The van der Waals surface area contributed by atoms with E-state index in [0.29, 0.717) is 35.7 Å². The Bertz CT molecular complexity index is 1470. The predicted molar refractivity (Wildman–Crippen MR) is 153 cm³/mol. The largest absolute Gasteiger partial charge is 0.481 e. The van der Waals surface area contributed by atoms with Gasteiger partial charge in [-0.1, -0.05) is 20.8 Å². The van der Waals surface area contributed by atoms with Gasteiger partial charge in [0.1, 0.15) is 16.5 Å². The summed E-state index contributed by atoms with van der Waals surface area (Å²) in [7, 11) is -0.805. The van der Waals surface area contributed by atoms with E-state index in [2.05, 4.69) is 54.1 Å². The van der Waals surface area contributed by atoms with Gasteiger partial charge in [0.05, 0.1) is 18.5 Å². The summed E-state index contributed by atoms with van der Waals surface area (Å²) in [5.41, 5.74) is 1.33. The van der Waals surface area contributed by atoms with Crippen molar-refractivity contribution in [2.45, 2.75) is 58.4 Å². The molecule has 13 heteroatoms. The van der Waals surface area contributed by atoms with E-state index in [9.17, 15) is 13.2 Å². The highest BCUT2D eigenvalue weighted by Gasteiger charge is 2.38. The molecule has 0 radical (unpaired) electrons. The highest BCUT2D eigenvalue weighted by molar-refractivity contribution is 7.13. The zero-order valence-corrected chi connectivity index (χ0v) is 25.4. The van der Waals surface area contributed by atoms with E-state index in [4.69, 9.17) is 14.3 Å². The van der Waals surface area contributed by atoms with Gasteiger partial charge in [0.2, 0.25) is 5.88 Å². The van der Waals surface area contributed by atoms with Gasteiger partial charge in [-0.05, 0) is 43.3 Å². The first-order valence-electron chi connectivity index (χ1n) is 12.7. The molecule has 4 aromatic rings. The molecular formula is C27H33F3N6O2SSi. The number of halogens is 3. The van der Waals surface area contributed by atoms with Crippen LogP contribution in [-0.2, 0) is 17.0 Å². The number of nitrogens with one attached hydrogen (secondary N) is 1. The minimum absolute atomic E-state index is 0.00338. The van der Waals surface area contributed by atoms with E-state index < -0.39 is 20.2 Å². The first-order valence-corrected chi connectivity index (χ1v) is 16.5. The molecule has 0 unspecified atom stereocenters. The summed E-state index contributed by atoms with van der Waals surface area (Å²) in [6.07, 6.45) is -0.791. The number of anilines is 2. The smallest absolute Gasteiger partial charge is 0.435 e. The fourth-order valence-corrected chi connectivity index (χ4v) is 5.43. The first-order chi connectivity index (χ1) is 18.7. The molecule has 0 fully saturated rings. The minimum Gasteiger partial charge on any atom is -0.481 e. The highest BCUT2D eigenvalue weighted by Crippen LogP contribution is 2.38. The molecule has 214 valence electrons. The Morgan fingerprint density at radius 1 is 1.10 bits per heavy atom. The van der Waals surface area contributed by atoms with Crippen molar-refractivity contribution >= 4 is 31.2 Å². The molecule has 4 heterocycles. The second-order valence-corrected chi connectivity index (χ2v) is 16.5. The number of ether oxygens (including phenoxy) is 1. The molecule has 40 heavy (non-hydrogen) atoms. The summed E-state index contributed by atoms with van der Waals surface area (Å²) in [6.45, 7) is 12.9. The Morgan fingerprint density at radius 3 is 2.48 bits per heavy atom. The van der Waals surface area contributed by atoms with Crippen LogP contribution in [0.2, 0.25) is 18.1 Å². The van der Waals surface area contributed by atoms with Crippen LogP contribution in [0.4, 0.5) is 24.7 Å². The summed E-state index contributed by atoms with van der Waals surface area (Å²) in [5, 5.41) is 10.3. The molecule has 0 amide bonds. The molecule has 0 saturated carbocycles. The Labute approximate surface area is 236 Å². The van der Waals surface area contributed by atoms with E-state index in [1.54, 1.807) is 17.8 Å². The van der Waals surface area contributed by atoms with Gasteiger partial charge in [-0.2, -0.15) is 18.3 Å². The molecule has 0 aromatic carbocycles. The van der Waals surface area contributed by atoms with Crippen molar-refractivity contribution in [3.8, 4) is 22.3 Å². The van der Waals surface area contributed by atoms with Gasteiger partial charge in [-0.25, -0.2) is 19.6 Å². The van der Waals surface area contributed by atoms with E-state index in [0.717, 1.165) is 5.01 Å². The summed E-state index contributed by atoms with van der Waals surface area (Å²) in [4.78, 5) is 12.6. The number of nitrogens with zero attached hydrogens (tertiary/aromatic N) is 5. The zero-order valence-electron chi connectivity index (χ0n) is 23.6. The number of aryl methyl sites for hydroxylation is 1. The van der Waals surface area contributed by atoms with Crippen LogP contribution in [0.25, 0.3) is 16.4 Å². The monoisotopic (exact) mass is 590 g/mol. The lowest BCUT2D eigenvalue weighted by molar-refractivity contribution is -0.140. The van der Waals surface area contributed by atoms with E-state index in [1.165, 1.54) is 30.6 Å². The number of hydrogen-bond donors (Lipinski definition) is 1. The van der Waals surface area contributed by atoms with Gasteiger partial charge in [0.15, 0.2) is 14.0 Å². The lowest BCUT2D eigenvalue weighted by Crippen LogP contribution is -2.41. The molecule has 8 nitrogen and oxygen atoms in total. The van der Waals surface area contributed by atoms with Gasteiger partial charge in [-0.15, -0.1) is 11.3 Å². The number of hydrogen-bond acceptors (Lipinski definition) is 8. The molecule has 0 aliphatic heterocycles. The number of aromatic nitrogens is 5. The standard InChI is InChI=1S/C27H33F3N6O2SSi/c1-17-16-21(36-13-10-20(35-36)25-31-12-15-39-25)18(11-14-38-40(6,7)26(2,3)4)24(32-17)33-19-8-9-22(37-5)34-23(19)27(28,29)30/h8-10,12-13,15-16H,11,14H2,1-7H3,(H,32,33). The van der Waals surface area contributed by atoms with Crippen LogP contribution in [-0.4, -0.2) is 46.8 Å². The van der Waals surface area contributed by atoms with Crippen LogP contribution in [0.5, 0.6) is 5.88 Å². The second-order valence-electron chi connectivity index (χ2n) is 10.8. The lowest BCUT2D eigenvalue weighted by Gasteiger charge is -2.36. The first kappa shape index (κ1) is 29.7.